The summed E-state index contributed by atoms with van der Waals surface area (Å²) in [5.74, 6) is 1.66. The van der Waals surface area contributed by atoms with Crippen LogP contribution < -0.4 is 14.8 Å². The van der Waals surface area contributed by atoms with Crippen molar-refractivity contribution in [2.24, 2.45) is 0 Å². The van der Waals surface area contributed by atoms with Gasteiger partial charge in [0.1, 0.15) is 18.1 Å². The first kappa shape index (κ1) is 16.9. The van der Waals surface area contributed by atoms with Crippen molar-refractivity contribution in [1.82, 2.24) is 5.32 Å². The summed E-state index contributed by atoms with van der Waals surface area (Å²) in [5, 5.41) is 2.87. The maximum atomic E-state index is 11.8. The summed E-state index contributed by atoms with van der Waals surface area (Å²) in [4.78, 5) is 11.8. The smallest absolute Gasteiger partial charge is 0.220 e. The Bertz CT molecular complexity index is 623. The topological polar surface area (TPSA) is 47.6 Å². The first-order valence-corrected chi connectivity index (χ1v) is 7.76. The van der Waals surface area contributed by atoms with Gasteiger partial charge in [-0.2, -0.15) is 0 Å². The monoisotopic (exact) mass is 313 g/mol. The lowest BCUT2D eigenvalue weighted by Crippen LogP contribution is -2.28. The van der Waals surface area contributed by atoms with E-state index in [9.17, 15) is 4.79 Å². The molecular weight excluding hydrogens is 290 g/mol. The van der Waals surface area contributed by atoms with E-state index in [1.165, 1.54) is 5.56 Å². The molecule has 0 aliphatic carbocycles. The second-order valence-electron chi connectivity index (χ2n) is 5.36. The van der Waals surface area contributed by atoms with Crippen LogP contribution in [0.1, 0.15) is 17.5 Å². The van der Waals surface area contributed by atoms with Crippen LogP contribution in [0.2, 0.25) is 0 Å². The molecule has 0 aliphatic rings. The standard InChI is InChI=1S/C19H23NO3/c1-15-6-9-17(10-7-15)23-13-12-20-19(21)11-8-16-4-3-5-18(14-16)22-2/h3-7,9-10,14H,8,11-13H2,1-2H3,(H,20,21). The van der Waals surface area contributed by atoms with Crippen LogP contribution in [0.15, 0.2) is 48.5 Å². The van der Waals surface area contributed by atoms with Crippen molar-refractivity contribution in [3.63, 3.8) is 0 Å². The van der Waals surface area contributed by atoms with Crippen molar-refractivity contribution in [3.8, 4) is 11.5 Å². The molecule has 0 aromatic heterocycles. The molecule has 122 valence electrons. The van der Waals surface area contributed by atoms with Crippen LogP contribution in [0.3, 0.4) is 0 Å². The lowest BCUT2D eigenvalue weighted by molar-refractivity contribution is -0.121. The summed E-state index contributed by atoms with van der Waals surface area (Å²) in [7, 11) is 1.64. The Balaban J connectivity index is 1.64. The number of methoxy groups -OCH3 is 1. The SMILES string of the molecule is COc1cccc(CCC(=O)NCCOc2ccc(C)cc2)c1. The number of carbonyl (C=O) groups excluding carboxylic acids is 1. The number of nitrogens with one attached hydrogen (secondary N) is 1. The summed E-state index contributed by atoms with van der Waals surface area (Å²) in [5.41, 5.74) is 2.29. The van der Waals surface area contributed by atoms with Crippen molar-refractivity contribution in [1.29, 1.82) is 0 Å². The van der Waals surface area contributed by atoms with Gasteiger partial charge >= 0.3 is 0 Å². The maximum Gasteiger partial charge on any atom is 0.220 e. The molecule has 0 radical (unpaired) electrons. The van der Waals surface area contributed by atoms with E-state index in [-0.39, 0.29) is 5.91 Å². The minimum Gasteiger partial charge on any atom is -0.497 e. The Morgan fingerprint density at radius 2 is 1.87 bits per heavy atom. The molecule has 0 bridgehead atoms. The van der Waals surface area contributed by atoms with E-state index >= 15 is 0 Å². The highest BCUT2D eigenvalue weighted by Crippen LogP contribution is 2.14. The fraction of sp³-hybridized carbons (Fsp3) is 0.316. The van der Waals surface area contributed by atoms with Crippen molar-refractivity contribution in [2.45, 2.75) is 19.8 Å². The van der Waals surface area contributed by atoms with Gasteiger partial charge in [-0.25, -0.2) is 0 Å². The molecule has 2 rings (SSSR count). The fourth-order valence-electron chi connectivity index (χ4n) is 2.17. The molecule has 0 fully saturated rings. The molecule has 0 unspecified atom stereocenters. The highest BCUT2D eigenvalue weighted by atomic mass is 16.5. The second-order valence-corrected chi connectivity index (χ2v) is 5.36. The van der Waals surface area contributed by atoms with Crippen LogP contribution in [-0.2, 0) is 11.2 Å². The van der Waals surface area contributed by atoms with E-state index in [1.807, 2.05) is 55.5 Å². The molecule has 4 heteroatoms. The van der Waals surface area contributed by atoms with Gasteiger partial charge in [-0.1, -0.05) is 29.8 Å². The quantitative estimate of drug-likeness (QED) is 0.762. The number of ether oxygens (including phenoxy) is 2. The van der Waals surface area contributed by atoms with E-state index in [1.54, 1.807) is 7.11 Å². The van der Waals surface area contributed by atoms with Crippen LogP contribution >= 0.6 is 0 Å². The molecule has 1 N–H and O–H groups in total. The molecule has 0 saturated heterocycles. The highest BCUT2D eigenvalue weighted by molar-refractivity contribution is 5.76. The molecule has 23 heavy (non-hydrogen) atoms. The Kier molecular flexibility index (Phi) is 6.48. The lowest BCUT2D eigenvalue weighted by Gasteiger charge is -2.08. The summed E-state index contributed by atoms with van der Waals surface area (Å²) >= 11 is 0. The Labute approximate surface area is 137 Å². The van der Waals surface area contributed by atoms with Gasteiger partial charge in [0.05, 0.1) is 13.7 Å². The average Bonchev–Trinajstić information content (AvgIpc) is 2.58. The molecule has 2 aromatic carbocycles. The van der Waals surface area contributed by atoms with Crippen LogP contribution in [0.5, 0.6) is 11.5 Å². The molecule has 0 atom stereocenters. The fourth-order valence-corrected chi connectivity index (χ4v) is 2.17. The van der Waals surface area contributed by atoms with Gasteiger partial charge in [-0.15, -0.1) is 0 Å². The largest absolute Gasteiger partial charge is 0.497 e. The molecule has 4 nitrogen and oxygen atoms in total. The highest BCUT2D eigenvalue weighted by Gasteiger charge is 2.03. The van der Waals surface area contributed by atoms with Crippen molar-refractivity contribution in [3.05, 3.63) is 59.7 Å². The van der Waals surface area contributed by atoms with Crippen LogP contribution in [0.25, 0.3) is 0 Å². The van der Waals surface area contributed by atoms with Crippen LogP contribution in [0, 0.1) is 6.92 Å². The Morgan fingerprint density at radius 3 is 2.61 bits per heavy atom. The third kappa shape index (κ3) is 6.02. The van der Waals surface area contributed by atoms with Gasteiger partial charge in [0, 0.05) is 6.42 Å². The van der Waals surface area contributed by atoms with Crippen molar-refractivity contribution < 1.29 is 14.3 Å². The van der Waals surface area contributed by atoms with Gasteiger partial charge in [-0.05, 0) is 43.2 Å². The first-order valence-electron chi connectivity index (χ1n) is 7.76. The Morgan fingerprint density at radius 1 is 1.09 bits per heavy atom. The second kappa shape index (κ2) is 8.83. The van der Waals surface area contributed by atoms with E-state index in [0.29, 0.717) is 26.0 Å². The minimum absolute atomic E-state index is 0.0281. The predicted octanol–water partition coefficient (Wildman–Crippen LogP) is 3.13. The van der Waals surface area contributed by atoms with Crippen molar-refractivity contribution >= 4 is 5.91 Å². The van der Waals surface area contributed by atoms with E-state index in [2.05, 4.69) is 5.32 Å². The van der Waals surface area contributed by atoms with E-state index < -0.39 is 0 Å². The number of hydrogen-bond donors (Lipinski definition) is 1. The van der Waals surface area contributed by atoms with Gasteiger partial charge in [-0.3, -0.25) is 4.79 Å². The average molecular weight is 313 g/mol. The van der Waals surface area contributed by atoms with Gasteiger partial charge in [0.15, 0.2) is 0 Å². The molecule has 0 spiro atoms. The third-order valence-corrected chi connectivity index (χ3v) is 3.49. The number of carbonyl (C=O) groups is 1. The van der Waals surface area contributed by atoms with E-state index in [4.69, 9.17) is 9.47 Å². The summed E-state index contributed by atoms with van der Waals surface area (Å²) in [6.45, 7) is 3.01. The third-order valence-electron chi connectivity index (χ3n) is 3.49. The molecule has 2 aromatic rings. The molecule has 1 amide bonds. The zero-order chi connectivity index (χ0) is 16.5. The summed E-state index contributed by atoms with van der Waals surface area (Å²) < 4.78 is 10.7. The van der Waals surface area contributed by atoms with Gasteiger partial charge in [0.25, 0.3) is 0 Å². The molecule has 0 aliphatic heterocycles. The summed E-state index contributed by atoms with van der Waals surface area (Å²) in [6.07, 6.45) is 1.15. The zero-order valence-corrected chi connectivity index (χ0v) is 13.7. The van der Waals surface area contributed by atoms with E-state index in [0.717, 1.165) is 17.1 Å². The summed E-state index contributed by atoms with van der Waals surface area (Å²) in [6, 6.07) is 15.6. The van der Waals surface area contributed by atoms with Crippen molar-refractivity contribution in [2.75, 3.05) is 20.3 Å². The number of rotatable bonds is 8. The first-order chi connectivity index (χ1) is 11.2. The number of hydrogen-bond acceptors (Lipinski definition) is 3. The molecular formula is C19H23NO3. The van der Waals surface area contributed by atoms with Gasteiger partial charge < -0.3 is 14.8 Å². The maximum absolute atomic E-state index is 11.8. The van der Waals surface area contributed by atoms with Crippen LogP contribution in [-0.4, -0.2) is 26.2 Å². The molecule has 0 saturated carbocycles. The minimum atomic E-state index is 0.0281. The number of benzene rings is 2. The lowest BCUT2D eigenvalue weighted by atomic mass is 10.1. The molecule has 0 heterocycles. The number of amides is 1. The van der Waals surface area contributed by atoms with Crippen LogP contribution in [0.4, 0.5) is 0 Å². The van der Waals surface area contributed by atoms with Gasteiger partial charge in [0.2, 0.25) is 5.91 Å². The zero-order valence-electron chi connectivity index (χ0n) is 13.7. The Hall–Kier alpha value is -2.49. The predicted molar refractivity (Wildman–Crippen MR) is 91.0 cm³/mol. The normalized spacial score (nSPS) is 10.2. The number of aryl methyl sites for hydroxylation is 2.